The van der Waals surface area contributed by atoms with Crippen LogP contribution in [0.4, 0.5) is 14.5 Å². The van der Waals surface area contributed by atoms with Gasteiger partial charge in [-0.15, -0.1) is 0 Å². The predicted molar refractivity (Wildman–Crippen MR) is 98.7 cm³/mol. The Bertz CT molecular complexity index is 980. The van der Waals surface area contributed by atoms with E-state index < -0.39 is 40.1 Å². The number of hydrogen-bond acceptors (Lipinski definition) is 6. The van der Waals surface area contributed by atoms with Gasteiger partial charge in [0.25, 0.3) is 5.91 Å². The molecule has 0 aliphatic rings. The molecule has 2 N–H and O–H groups in total. The predicted octanol–water partition coefficient (Wildman–Crippen LogP) is 1.82. The molecule has 2 rings (SSSR count). The van der Waals surface area contributed by atoms with E-state index in [0.29, 0.717) is 11.8 Å². The van der Waals surface area contributed by atoms with Crippen LogP contribution in [0.15, 0.2) is 47.4 Å². The Morgan fingerprint density at radius 2 is 1.76 bits per heavy atom. The third-order valence-corrected chi connectivity index (χ3v) is 5.04. The van der Waals surface area contributed by atoms with E-state index in [-0.39, 0.29) is 23.5 Å². The lowest BCUT2D eigenvalue weighted by molar-refractivity contribution is -0.147. The second kappa shape index (κ2) is 9.94. The van der Waals surface area contributed by atoms with Crippen LogP contribution in [-0.2, 0) is 24.3 Å². The molecular formula is C18H18F2N2O6S. The van der Waals surface area contributed by atoms with Crippen molar-refractivity contribution in [3.8, 4) is 5.75 Å². The lowest BCUT2D eigenvalue weighted by Gasteiger charge is -2.09. The van der Waals surface area contributed by atoms with Crippen molar-refractivity contribution in [1.29, 1.82) is 0 Å². The Morgan fingerprint density at radius 1 is 1.07 bits per heavy atom. The number of rotatable bonds is 9. The number of carbonyl (C=O) groups is 2. The highest BCUT2D eigenvalue weighted by Crippen LogP contribution is 2.16. The first-order valence-corrected chi connectivity index (χ1v) is 9.74. The highest BCUT2D eigenvalue weighted by Gasteiger charge is 2.15. The van der Waals surface area contributed by atoms with E-state index in [1.165, 1.54) is 31.4 Å². The number of hydrogen-bond donors (Lipinski definition) is 2. The minimum atomic E-state index is -3.83. The van der Waals surface area contributed by atoms with Gasteiger partial charge in [0.1, 0.15) is 17.4 Å². The Hall–Kier alpha value is -3.05. The first-order valence-electron chi connectivity index (χ1n) is 8.25. The van der Waals surface area contributed by atoms with Crippen molar-refractivity contribution in [2.45, 2.75) is 11.3 Å². The van der Waals surface area contributed by atoms with Crippen LogP contribution in [0.25, 0.3) is 0 Å². The molecule has 0 unspecified atom stereocenters. The summed E-state index contributed by atoms with van der Waals surface area (Å²) in [6, 6.07) is 8.22. The molecule has 0 aliphatic carbocycles. The average Bonchev–Trinajstić information content (AvgIpc) is 2.68. The number of benzene rings is 2. The maximum atomic E-state index is 13.4. The van der Waals surface area contributed by atoms with Crippen molar-refractivity contribution >= 4 is 27.6 Å². The van der Waals surface area contributed by atoms with Gasteiger partial charge in [0.15, 0.2) is 6.61 Å². The van der Waals surface area contributed by atoms with Gasteiger partial charge in [-0.2, -0.15) is 0 Å². The largest absolute Gasteiger partial charge is 0.497 e. The molecule has 11 heteroatoms. The zero-order valence-corrected chi connectivity index (χ0v) is 16.1. The molecule has 2 aromatic carbocycles. The molecule has 0 saturated carbocycles. The van der Waals surface area contributed by atoms with E-state index in [2.05, 4.69) is 10.0 Å². The summed E-state index contributed by atoms with van der Waals surface area (Å²) >= 11 is 0. The van der Waals surface area contributed by atoms with Crippen molar-refractivity contribution in [2.75, 3.05) is 25.6 Å². The zero-order chi connectivity index (χ0) is 21.4. The van der Waals surface area contributed by atoms with Crippen LogP contribution in [0.5, 0.6) is 5.75 Å². The second-order valence-corrected chi connectivity index (χ2v) is 7.42. The first-order chi connectivity index (χ1) is 13.7. The van der Waals surface area contributed by atoms with Gasteiger partial charge in [0.05, 0.1) is 24.1 Å². The van der Waals surface area contributed by atoms with E-state index in [1.807, 2.05) is 0 Å². The molecule has 0 aromatic heterocycles. The van der Waals surface area contributed by atoms with Crippen LogP contribution in [0, 0.1) is 11.6 Å². The number of carbonyl (C=O) groups excluding carboxylic acids is 2. The van der Waals surface area contributed by atoms with Crippen molar-refractivity contribution in [2.24, 2.45) is 0 Å². The summed E-state index contributed by atoms with van der Waals surface area (Å²) in [5.74, 6) is -2.95. The summed E-state index contributed by atoms with van der Waals surface area (Å²) < 4.78 is 62.3. The minimum Gasteiger partial charge on any atom is -0.497 e. The zero-order valence-electron chi connectivity index (χ0n) is 15.3. The van der Waals surface area contributed by atoms with Crippen LogP contribution in [-0.4, -0.2) is 40.6 Å². The van der Waals surface area contributed by atoms with Gasteiger partial charge >= 0.3 is 5.97 Å². The molecular weight excluding hydrogens is 410 g/mol. The summed E-state index contributed by atoms with van der Waals surface area (Å²) in [6.07, 6.45) is -0.326. The summed E-state index contributed by atoms with van der Waals surface area (Å²) in [6.45, 7) is -0.956. The maximum Gasteiger partial charge on any atom is 0.307 e. The SMILES string of the molecule is COc1ccc(S(=O)(=O)NCCC(=O)OCC(=O)Nc2ccc(F)cc2F)cc1. The molecule has 29 heavy (non-hydrogen) atoms. The van der Waals surface area contributed by atoms with Gasteiger partial charge in [-0.25, -0.2) is 21.9 Å². The Balaban J connectivity index is 1.75. The van der Waals surface area contributed by atoms with Crippen molar-refractivity contribution < 1.29 is 36.3 Å². The lowest BCUT2D eigenvalue weighted by atomic mass is 10.3. The number of nitrogens with one attached hydrogen (secondary N) is 2. The Labute approximate surface area is 165 Å². The number of amides is 1. The first kappa shape index (κ1) is 22.2. The summed E-state index contributed by atoms with van der Waals surface area (Å²) in [5, 5.41) is 2.12. The van der Waals surface area contributed by atoms with Gasteiger partial charge in [-0.1, -0.05) is 0 Å². The molecule has 0 aliphatic heterocycles. The van der Waals surface area contributed by atoms with E-state index in [1.54, 1.807) is 0 Å². The van der Waals surface area contributed by atoms with Crippen molar-refractivity contribution in [3.05, 3.63) is 54.1 Å². The fraction of sp³-hybridized carbons (Fsp3) is 0.222. The van der Waals surface area contributed by atoms with E-state index in [0.717, 1.165) is 12.1 Å². The molecule has 0 atom stereocenters. The van der Waals surface area contributed by atoms with Gasteiger partial charge in [-0.05, 0) is 36.4 Å². The number of sulfonamides is 1. The fourth-order valence-electron chi connectivity index (χ4n) is 2.12. The number of anilines is 1. The summed E-state index contributed by atoms with van der Waals surface area (Å²) in [5.41, 5.74) is -0.264. The molecule has 0 spiro atoms. The van der Waals surface area contributed by atoms with Gasteiger partial charge in [0.2, 0.25) is 10.0 Å². The molecule has 1 amide bonds. The molecule has 0 radical (unpaired) electrons. The van der Waals surface area contributed by atoms with Crippen LogP contribution in [0.2, 0.25) is 0 Å². The molecule has 2 aromatic rings. The molecule has 156 valence electrons. The topological polar surface area (TPSA) is 111 Å². The molecule has 0 saturated heterocycles. The maximum absolute atomic E-state index is 13.4. The summed E-state index contributed by atoms with van der Waals surface area (Å²) in [7, 11) is -2.38. The van der Waals surface area contributed by atoms with Crippen LogP contribution >= 0.6 is 0 Å². The lowest BCUT2D eigenvalue weighted by Crippen LogP contribution is -2.28. The third-order valence-electron chi connectivity index (χ3n) is 3.56. The smallest absolute Gasteiger partial charge is 0.307 e. The monoisotopic (exact) mass is 428 g/mol. The number of ether oxygens (including phenoxy) is 2. The van der Waals surface area contributed by atoms with Crippen molar-refractivity contribution in [1.82, 2.24) is 4.72 Å². The normalized spacial score (nSPS) is 11.0. The van der Waals surface area contributed by atoms with Crippen LogP contribution < -0.4 is 14.8 Å². The van der Waals surface area contributed by atoms with Gasteiger partial charge in [0, 0.05) is 12.6 Å². The van der Waals surface area contributed by atoms with Crippen LogP contribution in [0.1, 0.15) is 6.42 Å². The highest BCUT2D eigenvalue weighted by molar-refractivity contribution is 7.89. The Morgan fingerprint density at radius 3 is 2.38 bits per heavy atom. The molecule has 0 fully saturated rings. The number of halogens is 2. The van der Waals surface area contributed by atoms with Crippen LogP contribution in [0.3, 0.4) is 0 Å². The van der Waals surface area contributed by atoms with Gasteiger partial charge in [-0.3, -0.25) is 9.59 Å². The van der Waals surface area contributed by atoms with E-state index in [9.17, 15) is 26.8 Å². The highest BCUT2D eigenvalue weighted by atomic mass is 32.2. The number of methoxy groups -OCH3 is 1. The molecule has 0 heterocycles. The molecule has 8 nitrogen and oxygen atoms in total. The van der Waals surface area contributed by atoms with E-state index >= 15 is 0 Å². The molecule has 0 bridgehead atoms. The second-order valence-electron chi connectivity index (χ2n) is 5.66. The third kappa shape index (κ3) is 6.80. The average molecular weight is 428 g/mol. The minimum absolute atomic E-state index is 0.00707. The quantitative estimate of drug-likeness (QED) is 0.590. The Kier molecular flexibility index (Phi) is 7.62. The summed E-state index contributed by atoms with van der Waals surface area (Å²) in [4.78, 5) is 23.3. The van der Waals surface area contributed by atoms with Gasteiger partial charge < -0.3 is 14.8 Å². The van der Waals surface area contributed by atoms with Crippen molar-refractivity contribution in [3.63, 3.8) is 0 Å². The van der Waals surface area contributed by atoms with E-state index in [4.69, 9.17) is 9.47 Å². The number of esters is 1. The fourth-order valence-corrected chi connectivity index (χ4v) is 3.15. The standard InChI is InChI=1S/C18H18F2N2O6S/c1-27-13-3-5-14(6-4-13)29(25,26)21-9-8-18(24)28-11-17(23)22-16-7-2-12(19)10-15(16)20/h2-7,10,21H,8-9,11H2,1H3,(H,22,23).